The first-order valence-electron chi connectivity index (χ1n) is 8.52. The molecular weight excluding hydrogens is 328 g/mol. The van der Waals surface area contributed by atoms with Crippen molar-refractivity contribution in [2.24, 2.45) is 5.10 Å². The maximum atomic E-state index is 12.2. The number of aryl methyl sites for hydroxylation is 1. The fraction of sp³-hybridized carbons (Fsp3) is 0.150. The van der Waals surface area contributed by atoms with Gasteiger partial charge in [0.2, 0.25) is 0 Å². The predicted molar refractivity (Wildman–Crippen MR) is 98.6 cm³/mol. The van der Waals surface area contributed by atoms with E-state index >= 15 is 0 Å². The second kappa shape index (κ2) is 7.23. The van der Waals surface area contributed by atoms with Crippen molar-refractivity contribution in [2.45, 2.75) is 19.3 Å². The smallest absolute Gasteiger partial charge is 0.292 e. The number of fused-ring (bicyclic) bond motifs is 1. The molecule has 0 atom stereocenters. The van der Waals surface area contributed by atoms with Crippen LogP contribution < -0.4 is 10.2 Å². The summed E-state index contributed by atoms with van der Waals surface area (Å²) >= 11 is 0. The molecule has 0 aliphatic heterocycles. The SMILES string of the molecule is O=C(N/N=C\c1cccc(Oc2ccccc2)c1)c1n[nH]c2c1CCC2. The molecule has 1 aromatic heterocycles. The number of carbonyl (C=O) groups is 1. The number of amides is 1. The number of ether oxygens (including phenoxy) is 1. The minimum absolute atomic E-state index is 0.294. The number of aromatic amines is 1. The van der Waals surface area contributed by atoms with Crippen molar-refractivity contribution in [1.82, 2.24) is 15.6 Å². The van der Waals surface area contributed by atoms with Gasteiger partial charge in [0.1, 0.15) is 11.5 Å². The molecule has 26 heavy (non-hydrogen) atoms. The first-order valence-corrected chi connectivity index (χ1v) is 8.52. The quantitative estimate of drug-likeness (QED) is 0.548. The lowest BCUT2D eigenvalue weighted by atomic mass is 10.2. The first kappa shape index (κ1) is 16.1. The van der Waals surface area contributed by atoms with Crippen molar-refractivity contribution >= 4 is 12.1 Å². The van der Waals surface area contributed by atoms with Crippen molar-refractivity contribution in [2.75, 3.05) is 0 Å². The monoisotopic (exact) mass is 346 g/mol. The van der Waals surface area contributed by atoms with E-state index in [0.717, 1.165) is 41.8 Å². The molecule has 1 aliphatic rings. The average Bonchev–Trinajstić information content (AvgIpc) is 3.26. The van der Waals surface area contributed by atoms with E-state index in [1.807, 2.05) is 54.6 Å². The zero-order chi connectivity index (χ0) is 17.8. The number of rotatable bonds is 5. The van der Waals surface area contributed by atoms with Gasteiger partial charge in [0.25, 0.3) is 5.91 Å². The third-order valence-electron chi connectivity index (χ3n) is 4.24. The van der Waals surface area contributed by atoms with Gasteiger partial charge in [0.05, 0.1) is 6.21 Å². The number of hydrogen-bond donors (Lipinski definition) is 2. The Hall–Kier alpha value is -3.41. The highest BCUT2D eigenvalue weighted by atomic mass is 16.5. The van der Waals surface area contributed by atoms with Gasteiger partial charge in [-0.1, -0.05) is 30.3 Å². The first-order chi connectivity index (χ1) is 12.8. The molecule has 3 aromatic rings. The number of nitrogens with one attached hydrogen (secondary N) is 2. The van der Waals surface area contributed by atoms with Crippen molar-refractivity contribution in [1.29, 1.82) is 0 Å². The Morgan fingerprint density at radius 3 is 2.85 bits per heavy atom. The molecule has 0 saturated carbocycles. The number of carbonyl (C=O) groups excluding carboxylic acids is 1. The van der Waals surface area contributed by atoms with Crippen LogP contribution in [-0.2, 0) is 12.8 Å². The van der Waals surface area contributed by atoms with E-state index in [1.165, 1.54) is 0 Å². The molecule has 6 nitrogen and oxygen atoms in total. The summed E-state index contributed by atoms with van der Waals surface area (Å²) in [6.45, 7) is 0. The topological polar surface area (TPSA) is 79.4 Å². The Bertz CT molecular complexity index is 947. The van der Waals surface area contributed by atoms with E-state index in [4.69, 9.17) is 4.74 Å². The number of aromatic nitrogens is 2. The van der Waals surface area contributed by atoms with Crippen LogP contribution in [0.25, 0.3) is 0 Å². The lowest BCUT2D eigenvalue weighted by Crippen LogP contribution is -2.19. The Morgan fingerprint density at radius 2 is 1.96 bits per heavy atom. The van der Waals surface area contributed by atoms with Crippen LogP contribution in [0.2, 0.25) is 0 Å². The fourth-order valence-corrected chi connectivity index (χ4v) is 3.01. The van der Waals surface area contributed by atoms with E-state index in [-0.39, 0.29) is 5.91 Å². The van der Waals surface area contributed by atoms with Crippen LogP contribution in [0.3, 0.4) is 0 Å². The summed E-state index contributed by atoms with van der Waals surface area (Å²) in [6.07, 6.45) is 4.48. The minimum Gasteiger partial charge on any atom is -0.457 e. The molecule has 130 valence electrons. The van der Waals surface area contributed by atoms with Gasteiger partial charge in [-0.15, -0.1) is 0 Å². The Labute approximate surface area is 150 Å². The van der Waals surface area contributed by atoms with E-state index < -0.39 is 0 Å². The van der Waals surface area contributed by atoms with Crippen LogP contribution in [-0.4, -0.2) is 22.3 Å². The molecular formula is C20H18N4O2. The summed E-state index contributed by atoms with van der Waals surface area (Å²) in [5.74, 6) is 1.18. The Morgan fingerprint density at radius 1 is 1.12 bits per heavy atom. The van der Waals surface area contributed by atoms with Gasteiger partial charge in [0, 0.05) is 11.3 Å². The fourth-order valence-electron chi connectivity index (χ4n) is 3.01. The van der Waals surface area contributed by atoms with Crippen LogP contribution in [0, 0.1) is 0 Å². The molecule has 1 amide bonds. The highest BCUT2D eigenvalue weighted by Crippen LogP contribution is 2.23. The van der Waals surface area contributed by atoms with E-state index in [0.29, 0.717) is 11.4 Å². The standard InChI is InChI=1S/C20H18N4O2/c25-20(19-17-10-5-11-18(17)22-23-19)24-21-13-14-6-4-9-16(12-14)26-15-7-2-1-3-8-15/h1-4,6-9,12-13H,5,10-11H2,(H,22,23)(H,24,25)/b21-13-. The summed E-state index contributed by atoms with van der Waals surface area (Å²) < 4.78 is 5.79. The molecule has 0 fully saturated rings. The third-order valence-corrected chi connectivity index (χ3v) is 4.24. The molecule has 0 unspecified atom stereocenters. The van der Waals surface area contributed by atoms with Crippen LogP contribution >= 0.6 is 0 Å². The summed E-state index contributed by atoms with van der Waals surface area (Å²) in [4.78, 5) is 12.2. The lowest BCUT2D eigenvalue weighted by Gasteiger charge is -2.05. The molecule has 0 spiro atoms. The summed E-state index contributed by atoms with van der Waals surface area (Å²) in [6, 6.07) is 17.1. The normalized spacial score (nSPS) is 12.9. The highest BCUT2D eigenvalue weighted by Gasteiger charge is 2.22. The van der Waals surface area contributed by atoms with Crippen LogP contribution in [0.1, 0.15) is 33.7 Å². The number of H-pyrrole nitrogens is 1. The van der Waals surface area contributed by atoms with Gasteiger partial charge in [0.15, 0.2) is 5.69 Å². The molecule has 2 N–H and O–H groups in total. The van der Waals surface area contributed by atoms with Gasteiger partial charge >= 0.3 is 0 Å². The number of nitrogens with zero attached hydrogens (tertiary/aromatic N) is 2. The predicted octanol–water partition coefficient (Wildman–Crippen LogP) is 3.45. The summed E-state index contributed by atoms with van der Waals surface area (Å²) in [7, 11) is 0. The maximum Gasteiger partial charge on any atom is 0.292 e. The summed E-state index contributed by atoms with van der Waals surface area (Å²) in [5.41, 5.74) is 5.88. The Balaban J connectivity index is 1.40. The van der Waals surface area contributed by atoms with Crippen molar-refractivity contribution in [3.8, 4) is 11.5 Å². The van der Waals surface area contributed by atoms with Crippen LogP contribution in [0.5, 0.6) is 11.5 Å². The zero-order valence-electron chi connectivity index (χ0n) is 14.1. The number of hydrazone groups is 1. The average molecular weight is 346 g/mol. The number of benzene rings is 2. The molecule has 6 heteroatoms. The van der Waals surface area contributed by atoms with Crippen molar-refractivity contribution < 1.29 is 9.53 Å². The van der Waals surface area contributed by atoms with Crippen molar-refractivity contribution in [3.05, 3.63) is 77.1 Å². The lowest BCUT2D eigenvalue weighted by molar-refractivity contribution is 0.0949. The summed E-state index contributed by atoms with van der Waals surface area (Å²) in [5, 5.41) is 11.1. The molecule has 1 heterocycles. The van der Waals surface area contributed by atoms with Crippen LogP contribution in [0.4, 0.5) is 0 Å². The molecule has 0 bridgehead atoms. The van der Waals surface area contributed by atoms with Gasteiger partial charge < -0.3 is 4.74 Å². The largest absolute Gasteiger partial charge is 0.457 e. The molecule has 2 aromatic carbocycles. The molecule has 0 radical (unpaired) electrons. The van der Waals surface area contributed by atoms with Gasteiger partial charge in [-0.25, -0.2) is 5.43 Å². The number of hydrogen-bond acceptors (Lipinski definition) is 4. The second-order valence-corrected chi connectivity index (χ2v) is 6.07. The maximum absolute atomic E-state index is 12.2. The van der Waals surface area contributed by atoms with E-state index in [1.54, 1.807) is 6.21 Å². The van der Waals surface area contributed by atoms with Gasteiger partial charge in [-0.05, 0) is 49.1 Å². The molecule has 4 rings (SSSR count). The van der Waals surface area contributed by atoms with Gasteiger partial charge in [-0.3, -0.25) is 9.89 Å². The molecule has 1 aliphatic carbocycles. The minimum atomic E-state index is -0.294. The number of para-hydroxylation sites is 1. The second-order valence-electron chi connectivity index (χ2n) is 6.07. The molecule has 0 saturated heterocycles. The van der Waals surface area contributed by atoms with Crippen molar-refractivity contribution in [3.63, 3.8) is 0 Å². The van der Waals surface area contributed by atoms with E-state index in [9.17, 15) is 4.79 Å². The highest BCUT2D eigenvalue weighted by molar-refractivity contribution is 5.94. The zero-order valence-corrected chi connectivity index (χ0v) is 14.1. The third kappa shape index (κ3) is 3.49. The van der Waals surface area contributed by atoms with E-state index in [2.05, 4.69) is 20.7 Å². The Kier molecular flexibility index (Phi) is 4.47. The van der Waals surface area contributed by atoms with Crippen LogP contribution in [0.15, 0.2) is 59.7 Å². The van der Waals surface area contributed by atoms with Gasteiger partial charge in [-0.2, -0.15) is 10.2 Å².